The summed E-state index contributed by atoms with van der Waals surface area (Å²) in [4.78, 5) is 24.0. The van der Waals surface area contributed by atoms with Crippen molar-refractivity contribution in [2.45, 2.75) is 38.6 Å². The van der Waals surface area contributed by atoms with Crippen LogP contribution in [0.4, 0.5) is 0 Å². The van der Waals surface area contributed by atoms with E-state index in [1.54, 1.807) is 11.8 Å². The van der Waals surface area contributed by atoms with Gasteiger partial charge in [-0.15, -0.1) is 0 Å². The second kappa shape index (κ2) is 5.84. The van der Waals surface area contributed by atoms with Crippen molar-refractivity contribution in [3.63, 3.8) is 0 Å². The fraction of sp³-hybridized carbons (Fsp3) is 0.818. The zero-order valence-corrected chi connectivity index (χ0v) is 9.56. The number of aliphatic hydroxyl groups excluding tert-OH is 1. The van der Waals surface area contributed by atoms with Crippen LogP contribution in [0.5, 0.6) is 0 Å². The highest BCUT2D eigenvalue weighted by molar-refractivity contribution is 5.78. The second-order valence-corrected chi connectivity index (χ2v) is 4.47. The maximum atomic E-state index is 11.8. The first-order valence-electron chi connectivity index (χ1n) is 5.66. The predicted octanol–water partition coefficient (Wildman–Crippen LogP) is 0.471. The summed E-state index contributed by atoms with van der Waals surface area (Å²) in [5, 5.41) is 17.7. The highest BCUT2D eigenvalue weighted by Crippen LogP contribution is 2.20. The summed E-state index contributed by atoms with van der Waals surface area (Å²) in [5.74, 6) is -1.06. The lowest BCUT2D eigenvalue weighted by Gasteiger charge is -2.24. The Morgan fingerprint density at radius 2 is 2.12 bits per heavy atom. The Kier molecular flexibility index (Phi) is 4.73. The summed E-state index contributed by atoms with van der Waals surface area (Å²) < 4.78 is 0. The molecule has 1 unspecified atom stereocenters. The number of carboxylic acid groups (broad SMARTS) is 1. The average molecular weight is 229 g/mol. The van der Waals surface area contributed by atoms with E-state index >= 15 is 0 Å². The first-order chi connectivity index (χ1) is 7.54. The molecule has 2 N–H and O–H groups in total. The van der Waals surface area contributed by atoms with E-state index < -0.39 is 5.97 Å². The molecular weight excluding hydrogens is 210 g/mol. The van der Waals surface area contributed by atoms with Crippen LogP contribution in [-0.2, 0) is 9.59 Å². The van der Waals surface area contributed by atoms with Crippen LogP contribution < -0.4 is 0 Å². The lowest BCUT2D eigenvalue weighted by Crippen LogP contribution is -2.38. The number of carboxylic acids is 1. The van der Waals surface area contributed by atoms with Gasteiger partial charge in [-0.05, 0) is 18.8 Å². The van der Waals surface area contributed by atoms with Gasteiger partial charge < -0.3 is 15.1 Å². The van der Waals surface area contributed by atoms with E-state index in [4.69, 9.17) is 10.2 Å². The summed E-state index contributed by atoms with van der Waals surface area (Å²) in [6.07, 6.45) is 2.03. The van der Waals surface area contributed by atoms with Crippen molar-refractivity contribution in [2.24, 2.45) is 5.92 Å². The molecule has 0 saturated carbocycles. The SMILES string of the molecule is CC(CC(=O)O)CC(=O)N1CCC[C@@H]1CO. The molecule has 0 aliphatic carbocycles. The first-order valence-corrected chi connectivity index (χ1v) is 5.66. The van der Waals surface area contributed by atoms with Crippen molar-refractivity contribution in [1.29, 1.82) is 0 Å². The van der Waals surface area contributed by atoms with Crippen molar-refractivity contribution in [3.8, 4) is 0 Å². The highest BCUT2D eigenvalue weighted by atomic mass is 16.4. The molecule has 1 rings (SSSR count). The molecule has 5 nitrogen and oxygen atoms in total. The zero-order chi connectivity index (χ0) is 12.1. The van der Waals surface area contributed by atoms with E-state index in [9.17, 15) is 9.59 Å². The van der Waals surface area contributed by atoms with E-state index in [1.165, 1.54) is 0 Å². The molecule has 16 heavy (non-hydrogen) atoms. The number of aliphatic carboxylic acids is 1. The lowest BCUT2D eigenvalue weighted by atomic mass is 10.0. The number of hydrogen-bond donors (Lipinski definition) is 2. The summed E-state index contributed by atoms with van der Waals surface area (Å²) in [5.41, 5.74) is 0. The molecule has 0 aromatic carbocycles. The van der Waals surface area contributed by atoms with Crippen LogP contribution in [0.25, 0.3) is 0 Å². The molecule has 0 aromatic heterocycles. The maximum Gasteiger partial charge on any atom is 0.303 e. The van der Waals surface area contributed by atoms with Crippen molar-refractivity contribution in [3.05, 3.63) is 0 Å². The van der Waals surface area contributed by atoms with E-state index in [2.05, 4.69) is 0 Å². The molecule has 1 fully saturated rings. The fourth-order valence-corrected chi connectivity index (χ4v) is 2.14. The Morgan fingerprint density at radius 1 is 1.44 bits per heavy atom. The minimum Gasteiger partial charge on any atom is -0.481 e. The minimum absolute atomic E-state index is 0.000941. The largest absolute Gasteiger partial charge is 0.481 e. The summed E-state index contributed by atoms with van der Waals surface area (Å²) in [7, 11) is 0. The van der Waals surface area contributed by atoms with Gasteiger partial charge in [0.2, 0.25) is 5.91 Å². The van der Waals surface area contributed by atoms with E-state index in [-0.39, 0.29) is 37.3 Å². The van der Waals surface area contributed by atoms with Gasteiger partial charge in [-0.3, -0.25) is 9.59 Å². The Labute approximate surface area is 95.1 Å². The van der Waals surface area contributed by atoms with Gasteiger partial charge in [0.1, 0.15) is 0 Å². The van der Waals surface area contributed by atoms with Crippen LogP contribution in [0.15, 0.2) is 0 Å². The van der Waals surface area contributed by atoms with Gasteiger partial charge in [0.25, 0.3) is 0 Å². The minimum atomic E-state index is -0.875. The van der Waals surface area contributed by atoms with Gasteiger partial charge in [0.15, 0.2) is 0 Å². The smallest absolute Gasteiger partial charge is 0.303 e. The van der Waals surface area contributed by atoms with Crippen LogP contribution in [0.2, 0.25) is 0 Å². The molecule has 0 bridgehead atoms. The molecule has 5 heteroatoms. The third kappa shape index (κ3) is 3.48. The van der Waals surface area contributed by atoms with Gasteiger partial charge in [-0.25, -0.2) is 0 Å². The maximum absolute atomic E-state index is 11.8. The standard InChI is InChI=1S/C11H19NO4/c1-8(6-11(15)16)5-10(14)12-4-2-3-9(12)7-13/h8-9,13H,2-7H2,1H3,(H,15,16)/t8?,9-/m1/s1. The molecule has 0 radical (unpaired) electrons. The highest BCUT2D eigenvalue weighted by Gasteiger charge is 2.28. The number of amides is 1. The van der Waals surface area contributed by atoms with Gasteiger partial charge in [-0.1, -0.05) is 6.92 Å². The van der Waals surface area contributed by atoms with Crippen LogP contribution in [-0.4, -0.2) is 46.2 Å². The molecule has 1 heterocycles. The summed E-state index contributed by atoms with van der Waals surface area (Å²) >= 11 is 0. The fourth-order valence-electron chi connectivity index (χ4n) is 2.14. The van der Waals surface area contributed by atoms with Crippen molar-refractivity contribution in [1.82, 2.24) is 4.90 Å². The Hall–Kier alpha value is -1.10. The van der Waals surface area contributed by atoms with Crippen LogP contribution in [0, 0.1) is 5.92 Å². The molecule has 0 aromatic rings. The van der Waals surface area contributed by atoms with Gasteiger partial charge in [0.05, 0.1) is 12.6 Å². The number of carbonyl (C=O) groups excluding carboxylic acids is 1. The molecule has 2 atom stereocenters. The third-order valence-corrected chi connectivity index (χ3v) is 2.95. The second-order valence-electron chi connectivity index (χ2n) is 4.47. The number of aliphatic hydroxyl groups is 1. The van der Waals surface area contributed by atoms with Crippen LogP contribution >= 0.6 is 0 Å². The van der Waals surface area contributed by atoms with Gasteiger partial charge in [-0.2, -0.15) is 0 Å². The average Bonchev–Trinajstić information content (AvgIpc) is 2.63. The number of likely N-dealkylation sites (tertiary alicyclic amines) is 1. The van der Waals surface area contributed by atoms with E-state index in [0.717, 1.165) is 12.8 Å². The van der Waals surface area contributed by atoms with Gasteiger partial charge in [0, 0.05) is 19.4 Å². The summed E-state index contributed by atoms with van der Waals surface area (Å²) in [6, 6.07) is -0.0653. The summed E-state index contributed by atoms with van der Waals surface area (Å²) in [6.45, 7) is 2.44. The molecule has 1 aliphatic rings. The van der Waals surface area contributed by atoms with Crippen molar-refractivity contribution >= 4 is 11.9 Å². The quantitative estimate of drug-likeness (QED) is 0.718. The molecule has 1 aliphatic heterocycles. The Morgan fingerprint density at radius 3 is 2.69 bits per heavy atom. The zero-order valence-electron chi connectivity index (χ0n) is 9.56. The number of rotatable bonds is 5. The lowest BCUT2D eigenvalue weighted by molar-refractivity contribution is -0.138. The Balaban J connectivity index is 2.42. The number of nitrogens with zero attached hydrogens (tertiary/aromatic N) is 1. The molecule has 0 spiro atoms. The number of carbonyl (C=O) groups is 2. The molecular formula is C11H19NO4. The topological polar surface area (TPSA) is 77.8 Å². The monoisotopic (exact) mass is 229 g/mol. The first kappa shape index (κ1) is 13.0. The molecule has 92 valence electrons. The Bertz CT molecular complexity index is 267. The van der Waals surface area contributed by atoms with E-state index in [1.807, 2.05) is 0 Å². The molecule has 1 amide bonds. The van der Waals surface area contributed by atoms with E-state index in [0.29, 0.717) is 6.54 Å². The third-order valence-electron chi connectivity index (χ3n) is 2.95. The van der Waals surface area contributed by atoms with Crippen molar-refractivity contribution < 1.29 is 19.8 Å². The normalized spacial score (nSPS) is 22.1. The predicted molar refractivity (Wildman–Crippen MR) is 57.9 cm³/mol. The van der Waals surface area contributed by atoms with Crippen LogP contribution in [0.3, 0.4) is 0 Å². The van der Waals surface area contributed by atoms with Gasteiger partial charge >= 0.3 is 5.97 Å². The van der Waals surface area contributed by atoms with Crippen LogP contribution in [0.1, 0.15) is 32.6 Å². The molecule has 1 saturated heterocycles. The van der Waals surface area contributed by atoms with Crippen molar-refractivity contribution in [2.75, 3.05) is 13.2 Å². The number of hydrogen-bond acceptors (Lipinski definition) is 3.